The zero-order valence-corrected chi connectivity index (χ0v) is 12.5. The number of thioether (sulfide) groups is 1. The smallest absolute Gasteiger partial charge is 0.148 e. The molecule has 0 saturated carbocycles. The highest BCUT2D eigenvalue weighted by molar-refractivity contribution is 7.99. The van der Waals surface area contributed by atoms with E-state index in [1.807, 2.05) is 37.4 Å². The van der Waals surface area contributed by atoms with E-state index < -0.39 is 6.67 Å². The number of halogens is 1. The highest BCUT2D eigenvalue weighted by Crippen LogP contribution is 2.46. The molecule has 21 heavy (non-hydrogen) atoms. The number of fused-ring (bicyclic) bond motifs is 1. The van der Waals surface area contributed by atoms with Crippen LogP contribution in [0, 0.1) is 0 Å². The molecular weight excluding hydrogens is 289 g/mol. The van der Waals surface area contributed by atoms with E-state index in [0.29, 0.717) is 0 Å². The van der Waals surface area contributed by atoms with Crippen LogP contribution in [0.1, 0.15) is 16.5 Å². The predicted octanol–water partition coefficient (Wildman–Crippen LogP) is 3.26. The summed E-state index contributed by atoms with van der Waals surface area (Å²) in [5.41, 5.74) is 2.25. The monoisotopic (exact) mass is 305 g/mol. The Labute approximate surface area is 127 Å². The number of anilines is 1. The first-order chi connectivity index (χ1) is 10.3. The summed E-state index contributed by atoms with van der Waals surface area (Å²) in [6.45, 7) is -0.371. The maximum Gasteiger partial charge on any atom is 0.148 e. The number of nitrogens with one attached hydrogen (secondary N) is 1. The molecular formula is C15H16FN3OS. The Morgan fingerprint density at radius 1 is 1.33 bits per heavy atom. The number of alkyl halides is 1. The molecule has 0 saturated heterocycles. The number of benzene rings is 1. The highest BCUT2D eigenvalue weighted by Gasteiger charge is 2.25. The van der Waals surface area contributed by atoms with Crippen LogP contribution in [-0.2, 0) is 6.42 Å². The Kier molecular flexibility index (Phi) is 4.24. The third-order valence-electron chi connectivity index (χ3n) is 3.33. The topological polar surface area (TPSA) is 47.0 Å². The first-order valence-corrected chi connectivity index (χ1v) is 7.68. The zero-order chi connectivity index (χ0) is 14.7. The van der Waals surface area contributed by atoms with E-state index >= 15 is 0 Å². The summed E-state index contributed by atoms with van der Waals surface area (Å²) in [5.74, 6) is 1.48. The number of ether oxygens (including phenoxy) is 1. The Morgan fingerprint density at radius 3 is 2.95 bits per heavy atom. The van der Waals surface area contributed by atoms with Gasteiger partial charge in [-0.25, -0.2) is 4.39 Å². The SMILES string of the molecule is CNc1ccc(C2Cc3ccc(OCCF)cc3S2)nn1. The standard InChI is InChI=1S/C15H16FN3OS/c1-17-15-5-4-12(18-19-15)14-8-10-2-3-11(20-7-6-16)9-13(10)21-14/h2-5,9,14H,6-8H2,1H3,(H,17,19). The van der Waals surface area contributed by atoms with Crippen molar-refractivity contribution in [3.63, 3.8) is 0 Å². The lowest BCUT2D eigenvalue weighted by molar-refractivity contribution is 0.273. The largest absolute Gasteiger partial charge is 0.491 e. The third kappa shape index (κ3) is 3.10. The summed E-state index contributed by atoms with van der Waals surface area (Å²) >= 11 is 1.75. The van der Waals surface area contributed by atoms with Crippen molar-refractivity contribution < 1.29 is 9.13 Å². The Balaban J connectivity index is 1.74. The molecule has 110 valence electrons. The van der Waals surface area contributed by atoms with Crippen LogP contribution in [-0.4, -0.2) is 30.5 Å². The summed E-state index contributed by atoms with van der Waals surface area (Å²) < 4.78 is 17.5. The van der Waals surface area contributed by atoms with Crippen LogP contribution in [0.2, 0.25) is 0 Å². The van der Waals surface area contributed by atoms with Crippen molar-refractivity contribution in [3.8, 4) is 5.75 Å². The van der Waals surface area contributed by atoms with Crippen LogP contribution in [0.5, 0.6) is 5.75 Å². The molecule has 3 rings (SSSR count). The highest BCUT2D eigenvalue weighted by atomic mass is 32.2. The third-order valence-corrected chi connectivity index (χ3v) is 4.66. The number of hydrogen-bond acceptors (Lipinski definition) is 5. The molecule has 0 bridgehead atoms. The van der Waals surface area contributed by atoms with Crippen molar-refractivity contribution in [2.45, 2.75) is 16.6 Å². The molecule has 6 heteroatoms. The van der Waals surface area contributed by atoms with Gasteiger partial charge in [-0.15, -0.1) is 16.9 Å². The molecule has 0 aliphatic carbocycles. The first-order valence-electron chi connectivity index (χ1n) is 6.80. The van der Waals surface area contributed by atoms with E-state index in [1.54, 1.807) is 11.8 Å². The Bertz CT molecular complexity index is 621. The van der Waals surface area contributed by atoms with Gasteiger partial charge >= 0.3 is 0 Å². The number of nitrogens with zero attached hydrogens (tertiary/aromatic N) is 2. The van der Waals surface area contributed by atoms with Gasteiger partial charge in [-0.2, -0.15) is 5.10 Å². The maximum atomic E-state index is 12.1. The van der Waals surface area contributed by atoms with Gasteiger partial charge in [0, 0.05) is 11.9 Å². The van der Waals surface area contributed by atoms with E-state index in [4.69, 9.17) is 4.74 Å². The normalized spacial score (nSPS) is 16.6. The van der Waals surface area contributed by atoms with Gasteiger partial charge in [0.05, 0.1) is 10.9 Å². The molecule has 0 fully saturated rings. The Hall–Kier alpha value is -1.82. The van der Waals surface area contributed by atoms with Gasteiger partial charge in [0.1, 0.15) is 24.8 Å². The first kappa shape index (κ1) is 14.1. The molecule has 2 aromatic rings. The van der Waals surface area contributed by atoms with Gasteiger partial charge < -0.3 is 10.1 Å². The molecule has 1 N–H and O–H groups in total. The summed E-state index contributed by atoms with van der Waals surface area (Å²) in [7, 11) is 1.82. The van der Waals surface area contributed by atoms with Crippen molar-refractivity contribution >= 4 is 17.6 Å². The van der Waals surface area contributed by atoms with Crippen LogP contribution in [0.25, 0.3) is 0 Å². The van der Waals surface area contributed by atoms with E-state index in [9.17, 15) is 4.39 Å². The van der Waals surface area contributed by atoms with E-state index in [2.05, 4.69) is 15.5 Å². The van der Waals surface area contributed by atoms with E-state index in [-0.39, 0.29) is 11.9 Å². The van der Waals surface area contributed by atoms with Crippen molar-refractivity contribution in [1.82, 2.24) is 10.2 Å². The van der Waals surface area contributed by atoms with Crippen LogP contribution >= 0.6 is 11.8 Å². The number of aromatic nitrogens is 2. The average molecular weight is 305 g/mol. The second-order valence-electron chi connectivity index (χ2n) is 4.71. The molecule has 0 spiro atoms. The fraction of sp³-hybridized carbons (Fsp3) is 0.333. The van der Waals surface area contributed by atoms with Crippen LogP contribution < -0.4 is 10.1 Å². The fourth-order valence-corrected chi connectivity index (χ4v) is 3.57. The minimum absolute atomic E-state index is 0.101. The molecule has 0 amide bonds. The number of rotatable bonds is 5. The quantitative estimate of drug-likeness (QED) is 0.919. The molecule has 2 heterocycles. The second-order valence-corrected chi connectivity index (χ2v) is 5.96. The molecule has 4 nitrogen and oxygen atoms in total. The summed E-state index contributed by atoms with van der Waals surface area (Å²) in [4.78, 5) is 1.18. The molecule has 1 aliphatic heterocycles. The van der Waals surface area contributed by atoms with Crippen molar-refractivity contribution in [2.75, 3.05) is 25.6 Å². The zero-order valence-electron chi connectivity index (χ0n) is 11.7. The van der Waals surface area contributed by atoms with Gasteiger partial charge in [-0.1, -0.05) is 6.07 Å². The summed E-state index contributed by atoms with van der Waals surface area (Å²) in [5, 5.41) is 11.6. The van der Waals surface area contributed by atoms with Gasteiger partial charge in [0.25, 0.3) is 0 Å². The van der Waals surface area contributed by atoms with Crippen molar-refractivity contribution in [2.24, 2.45) is 0 Å². The lowest BCUT2D eigenvalue weighted by Gasteiger charge is -2.07. The lowest BCUT2D eigenvalue weighted by atomic mass is 10.1. The van der Waals surface area contributed by atoms with Crippen molar-refractivity contribution in [1.29, 1.82) is 0 Å². The minimum Gasteiger partial charge on any atom is -0.491 e. The molecule has 0 radical (unpaired) electrons. The van der Waals surface area contributed by atoms with Crippen LogP contribution in [0.4, 0.5) is 10.2 Å². The van der Waals surface area contributed by atoms with E-state index in [1.165, 1.54) is 10.5 Å². The van der Waals surface area contributed by atoms with Crippen LogP contribution in [0.15, 0.2) is 35.2 Å². The van der Waals surface area contributed by atoms with Gasteiger partial charge in [0.15, 0.2) is 0 Å². The van der Waals surface area contributed by atoms with Gasteiger partial charge in [0.2, 0.25) is 0 Å². The maximum absolute atomic E-state index is 12.1. The molecule has 1 unspecified atom stereocenters. The number of hydrogen-bond donors (Lipinski definition) is 1. The molecule has 1 atom stereocenters. The molecule has 1 aromatic heterocycles. The summed E-state index contributed by atoms with van der Waals surface area (Å²) in [6, 6.07) is 9.86. The average Bonchev–Trinajstić information content (AvgIpc) is 2.96. The summed E-state index contributed by atoms with van der Waals surface area (Å²) in [6.07, 6.45) is 0.928. The fourth-order valence-electron chi connectivity index (χ4n) is 2.27. The van der Waals surface area contributed by atoms with Crippen LogP contribution in [0.3, 0.4) is 0 Å². The molecule has 1 aliphatic rings. The Morgan fingerprint density at radius 2 is 2.24 bits per heavy atom. The van der Waals surface area contributed by atoms with E-state index in [0.717, 1.165) is 23.7 Å². The minimum atomic E-state index is -0.472. The van der Waals surface area contributed by atoms with Crippen molar-refractivity contribution in [3.05, 3.63) is 41.6 Å². The lowest BCUT2D eigenvalue weighted by Crippen LogP contribution is -2.01. The van der Waals surface area contributed by atoms with Gasteiger partial charge in [-0.3, -0.25) is 0 Å². The van der Waals surface area contributed by atoms with Gasteiger partial charge in [-0.05, 0) is 36.2 Å². The predicted molar refractivity (Wildman–Crippen MR) is 81.8 cm³/mol. The second kappa shape index (κ2) is 6.30. The molecule has 1 aromatic carbocycles.